The lowest BCUT2D eigenvalue weighted by atomic mass is 10.1. The second-order valence-electron chi connectivity index (χ2n) is 3.76. The molecule has 0 aliphatic carbocycles. The average molecular weight is 281 g/mol. The van der Waals surface area contributed by atoms with Crippen molar-refractivity contribution in [3.63, 3.8) is 0 Å². The lowest BCUT2D eigenvalue weighted by Gasteiger charge is -2.11. The Kier molecular flexibility index (Phi) is 5.76. The summed E-state index contributed by atoms with van der Waals surface area (Å²) in [5.41, 5.74) is 6.11. The highest BCUT2D eigenvalue weighted by Crippen LogP contribution is 2.16. The minimum atomic E-state index is -0.799. The number of nitrogens with zero attached hydrogens (tertiary/aromatic N) is 2. The first-order valence-corrected chi connectivity index (χ1v) is 6.42. The maximum absolute atomic E-state index is 11.9. The third kappa shape index (κ3) is 3.37. The lowest BCUT2D eigenvalue weighted by Crippen LogP contribution is -2.23. The van der Waals surface area contributed by atoms with Crippen molar-refractivity contribution < 1.29 is 19.1 Å². The van der Waals surface area contributed by atoms with Crippen molar-refractivity contribution >= 4 is 17.6 Å². The van der Waals surface area contributed by atoms with E-state index in [4.69, 9.17) is 15.2 Å². The molecule has 0 aromatic carbocycles. The molecule has 0 aliphatic heterocycles. The zero-order chi connectivity index (χ0) is 15.1. The molecule has 7 heteroatoms. The van der Waals surface area contributed by atoms with Crippen LogP contribution in [0.15, 0.2) is 17.8 Å². The number of hydrogen-bond donors (Lipinski definition) is 1. The minimum absolute atomic E-state index is 0.00116. The van der Waals surface area contributed by atoms with Gasteiger partial charge in [-0.25, -0.2) is 9.59 Å². The highest BCUT2D eigenvalue weighted by Gasteiger charge is 2.26. The minimum Gasteiger partial charge on any atom is -0.462 e. The molecule has 1 aromatic heterocycles. The van der Waals surface area contributed by atoms with Gasteiger partial charge in [0, 0.05) is 12.7 Å². The zero-order valence-electron chi connectivity index (χ0n) is 11.9. The monoisotopic (exact) mass is 281 g/mol. The molecular weight excluding hydrogens is 262 g/mol. The van der Waals surface area contributed by atoms with Gasteiger partial charge in [-0.15, -0.1) is 0 Å². The van der Waals surface area contributed by atoms with Crippen LogP contribution < -0.4 is 5.73 Å². The van der Waals surface area contributed by atoms with Crippen molar-refractivity contribution in [1.29, 1.82) is 0 Å². The van der Waals surface area contributed by atoms with Gasteiger partial charge in [-0.05, 0) is 26.8 Å². The average Bonchev–Trinajstić information content (AvgIpc) is 2.87. The summed E-state index contributed by atoms with van der Waals surface area (Å²) in [6, 6.07) is 1.62. The number of carbonyl (C=O) groups excluding carboxylic acids is 2. The van der Waals surface area contributed by atoms with Crippen LogP contribution in [0.2, 0.25) is 0 Å². The number of rotatable bonds is 6. The normalized spacial score (nSPS) is 9.95. The maximum Gasteiger partial charge on any atom is 0.347 e. The Morgan fingerprint density at radius 2 is 1.75 bits per heavy atom. The van der Waals surface area contributed by atoms with E-state index in [-0.39, 0.29) is 24.5 Å². The van der Waals surface area contributed by atoms with Gasteiger partial charge in [0.05, 0.1) is 24.6 Å². The molecule has 110 valence electrons. The van der Waals surface area contributed by atoms with Crippen molar-refractivity contribution in [2.45, 2.75) is 27.3 Å². The number of aromatic nitrogens is 2. The number of carbonyl (C=O) groups is 2. The van der Waals surface area contributed by atoms with Crippen LogP contribution in [-0.2, 0) is 25.6 Å². The smallest absolute Gasteiger partial charge is 0.347 e. The standard InChI is InChI=1S/C13H19N3O4/c1-4-16-9(7-8-15-16)11(14)10(12(17)19-5-2)13(18)20-6-3/h7-8H,4-6,14H2,1-3H3. The highest BCUT2D eigenvalue weighted by molar-refractivity contribution is 6.19. The Bertz CT molecular complexity index is 499. The van der Waals surface area contributed by atoms with Crippen LogP contribution >= 0.6 is 0 Å². The third-order valence-corrected chi connectivity index (χ3v) is 2.52. The second-order valence-corrected chi connectivity index (χ2v) is 3.76. The molecule has 1 rings (SSSR count). The van der Waals surface area contributed by atoms with E-state index >= 15 is 0 Å². The summed E-state index contributed by atoms with van der Waals surface area (Å²) in [6.07, 6.45) is 1.54. The van der Waals surface area contributed by atoms with Crippen molar-refractivity contribution in [3.8, 4) is 0 Å². The molecule has 0 amide bonds. The van der Waals surface area contributed by atoms with Crippen LogP contribution in [0.25, 0.3) is 5.70 Å². The fourth-order valence-electron chi connectivity index (χ4n) is 1.65. The summed E-state index contributed by atoms with van der Waals surface area (Å²) in [7, 11) is 0. The van der Waals surface area contributed by atoms with Crippen LogP contribution in [0.3, 0.4) is 0 Å². The van der Waals surface area contributed by atoms with Crippen LogP contribution in [0.4, 0.5) is 0 Å². The number of hydrogen-bond acceptors (Lipinski definition) is 6. The van der Waals surface area contributed by atoms with E-state index in [0.717, 1.165) is 0 Å². The van der Waals surface area contributed by atoms with Gasteiger partial charge in [-0.3, -0.25) is 4.68 Å². The Morgan fingerprint density at radius 3 is 2.20 bits per heavy atom. The van der Waals surface area contributed by atoms with E-state index in [2.05, 4.69) is 5.10 Å². The molecule has 0 radical (unpaired) electrons. The molecule has 2 N–H and O–H groups in total. The van der Waals surface area contributed by atoms with E-state index < -0.39 is 11.9 Å². The Balaban J connectivity index is 3.29. The van der Waals surface area contributed by atoms with Gasteiger partial charge in [-0.1, -0.05) is 0 Å². The number of aryl methyl sites for hydroxylation is 1. The highest BCUT2D eigenvalue weighted by atomic mass is 16.6. The van der Waals surface area contributed by atoms with Gasteiger partial charge in [0.2, 0.25) is 0 Å². The lowest BCUT2D eigenvalue weighted by molar-refractivity contribution is -0.146. The van der Waals surface area contributed by atoms with Gasteiger partial charge < -0.3 is 15.2 Å². The van der Waals surface area contributed by atoms with E-state index in [9.17, 15) is 9.59 Å². The molecule has 7 nitrogen and oxygen atoms in total. The van der Waals surface area contributed by atoms with E-state index in [1.54, 1.807) is 30.8 Å². The Hall–Kier alpha value is -2.31. The molecule has 0 spiro atoms. The first-order valence-electron chi connectivity index (χ1n) is 6.42. The summed E-state index contributed by atoms with van der Waals surface area (Å²) in [5, 5.41) is 4.05. The van der Waals surface area contributed by atoms with Gasteiger partial charge in [0.15, 0.2) is 5.57 Å². The van der Waals surface area contributed by atoms with E-state index in [1.165, 1.54) is 0 Å². The predicted octanol–water partition coefficient (Wildman–Crippen LogP) is 0.699. The zero-order valence-corrected chi connectivity index (χ0v) is 11.9. The van der Waals surface area contributed by atoms with Crippen LogP contribution in [0.5, 0.6) is 0 Å². The quantitative estimate of drug-likeness (QED) is 0.357. The summed E-state index contributed by atoms with van der Waals surface area (Å²) < 4.78 is 11.3. The van der Waals surface area contributed by atoms with Crippen molar-refractivity contribution in [2.24, 2.45) is 5.73 Å². The van der Waals surface area contributed by atoms with Crippen LogP contribution in [-0.4, -0.2) is 34.9 Å². The molecule has 0 fully saturated rings. The fourth-order valence-corrected chi connectivity index (χ4v) is 1.65. The van der Waals surface area contributed by atoms with Crippen molar-refractivity contribution in [2.75, 3.05) is 13.2 Å². The summed E-state index contributed by atoms with van der Waals surface area (Å²) in [5.74, 6) is -1.60. The van der Waals surface area contributed by atoms with E-state index in [1.807, 2.05) is 6.92 Å². The first kappa shape index (κ1) is 15.7. The number of ether oxygens (including phenoxy) is 2. The first-order chi connectivity index (χ1) is 9.56. The van der Waals surface area contributed by atoms with Crippen molar-refractivity contribution in [3.05, 3.63) is 23.5 Å². The molecule has 1 heterocycles. The second kappa shape index (κ2) is 7.32. The molecule has 0 aliphatic rings. The molecule has 0 bridgehead atoms. The predicted molar refractivity (Wildman–Crippen MR) is 72.3 cm³/mol. The van der Waals surface area contributed by atoms with Crippen molar-refractivity contribution in [1.82, 2.24) is 9.78 Å². The van der Waals surface area contributed by atoms with Gasteiger partial charge >= 0.3 is 11.9 Å². The maximum atomic E-state index is 11.9. The third-order valence-electron chi connectivity index (χ3n) is 2.52. The molecular formula is C13H19N3O4. The fraction of sp³-hybridized carbons (Fsp3) is 0.462. The molecule has 0 saturated heterocycles. The molecule has 0 saturated carbocycles. The number of nitrogens with two attached hydrogens (primary N) is 1. The molecule has 0 unspecified atom stereocenters. The van der Waals surface area contributed by atoms with Gasteiger partial charge in [0.25, 0.3) is 0 Å². The SMILES string of the molecule is CCOC(=O)C(C(=O)OCC)=C(N)c1ccnn1CC. The van der Waals surface area contributed by atoms with Crippen LogP contribution in [0, 0.1) is 0 Å². The summed E-state index contributed by atoms with van der Waals surface area (Å²) in [6.45, 7) is 6.00. The largest absolute Gasteiger partial charge is 0.462 e. The Labute approximate surface area is 117 Å². The Morgan fingerprint density at radius 1 is 1.20 bits per heavy atom. The molecule has 0 atom stereocenters. The van der Waals surface area contributed by atoms with Crippen LogP contribution in [0.1, 0.15) is 26.5 Å². The summed E-state index contributed by atoms with van der Waals surface area (Å²) >= 11 is 0. The topological polar surface area (TPSA) is 96.4 Å². The van der Waals surface area contributed by atoms with E-state index in [0.29, 0.717) is 12.2 Å². The van der Waals surface area contributed by atoms with Gasteiger partial charge in [0.1, 0.15) is 0 Å². The van der Waals surface area contributed by atoms with Gasteiger partial charge in [-0.2, -0.15) is 5.10 Å². The molecule has 20 heavy (non-hydrogen) atoms. The number of esters is 2. The molecule has 1 aromatic rings. The summed E-state index contributed by atoms with van der Waals surface area (Å²) in [4.78, 5) is 23.8.